The third-order valence-electron chi connectivity index (χ3n) is 4.64. The monoisotopic (exact) mass is 352 g/mol. The summed E-state index contributed by atoms with van der Waals surface area (Å²) in [6.45, 7) is 0.902. The molecule has 3 atom stereocenters. The highest BCUT2D eigenvalue weighted by Crippen LogP contribution is 2.22. The van der Waals surface area contributed by atoms with Gasteiger partial charge in [0.2, 0.25) is 15.9 Å². The molecule has 0 aromatic heterocycles. The van der Waals surface area contributed by atoms with Gasteiger partial charge < -0.3 is 5.32 Å². The SMILES string of the molecule is CS(=O)(=O)N1CCC[C@H]1C(=O)NCC1CC(c2ccccc2)NN1. The lowest BCUT2D eigenvalue weighted by Crippen LogP contribution is -2.48. The molecule has 24 heavy (non-hydrogen) atoms. The summed E-state index contributed by atoms with van der Waals surface area (Å²) < 4.78 is 24.8. The van der Waals surface area contributed by atoms with Gasteiger partial charge in [0.05, 0.1) is 6.26 Å². The molecule has 2 fully saturated rings. The van der Waals surface area contributed by atoms with E-state index in [1.54, 1.807) is 0 Å². The quantitative estimate of drug-likeness (QED) is 0.701. The number of sulfonamides is 1. The predicted octanol–water partition coefficient (Wildman–Crippen LogP) is 0.134. The minimum Gasteiger partial charge on any atom is -0.353 e. The molecular weight excluding hydrogens is 328 g/mol. The summed E-state index contributed by atoms with van der Waals surface area (Å²) >= 11 is 0. The van der Waals surface area contributed by atoms with Crippen LogP contribution in [-0.2, 0) is 14.8 Å². The summed E-state index contributed by atoms with van der Waals surface area (Å²) in [5, 5.41) is 2.89. The Balaban J connectivity index is 1.51. The zero-order chi connectivity index (χ0) is 17.2. The van der Waals surface area contributed by atoms with E-state index in [0.717, 1.165) is 19.1 Å². The molecule has 0 radical (unpaired) electrons. The summed E-state index contributed by atoms with van der Waals surface area (Å²) in [5.41, 5.74) is 7.64. The Kier molecular flexibility index (Phi) is 5.19. The summed E-state index contributed by atoms with van der Waals surface area (Å²) in [5.74, 6) is -0.206. The van der Waals surface area contributed by atoms with E-state index >= 15 is 0 Å². The van der Waals surface area contributed by atoms with Gasteiger partial charge in [-0.1, -0.05) is 30.3 Å². The Hall–Kier alpha value is -1.48. The molecule has 2 aliphatic rings. The van der Waals surface area contributed by atoms with Crippen LogP contribution in [-0.4, -0.2) is 50.1 Å². The molecule has 3 N–H and O–H groups in total. The minimum atomic E-state index is -3.33. The van der Waals surface area contributed by atoms with E-state index in [0.29, 0.717) is 19.5 Å². The molecule has 7 nitrogen and oxygen atoms in total. The van der Waals surface area contributed by atoms with Crippen molar-refractivity contribution in [1.29, 1.82) is 0 Å². The first-order chi connectivity index (χ1) is 11.4. The second-order valence-electron chi connectivity index (χ2n) is 6.46. The van der Waals surface area contributed by atoms with Gasteiger partial charge in [-0.25, -0.2) is 13.8 Å². The molecule has 2 aliphatic heterocycles. The van der Waals surface area contributed by atoms with Crippen LogP contribution in [0, 0.1) is 0 Å². The number of amides is 1. The smallest absolute Gasteiger partial charge is 0.238 e. The molecule has 2 unspecified atom stereocenters. The third-order valence-corrected chi connectivity index (χ3v) is 5.93. The number of benzene rings is 1. The van der Waals surface area contributed by atoms with Gasteiger partial charge in [0, 0.05) is 25.2 Å². The topological polar surface area (TPSA) is 90.5 Å². The standard InChI is InChI=1S/C16H24N4O3S/c1-24(22,23)20-9-5-8-15(20)16(21)17-11-13-10-14(19-18-13)12-6-3-2-4-7-12/h2-4,6-7,13-15,18-19H,5,8-11H2,1H3,(H,17,21)/t13?,14?,15-/m0/s1. The minimum absolute atomic E-state index is 0.118. The van der Waals surface area contributed by atoms with Gasteiger partial charge >= 0.3 is 0 Å². The molecule has 2 saturated heterocycles. The second-order valence-corrected chi connectivity index (χ2v) is 8.40. The molecule has 0 aliphatic carbocycles. The van der Waals surface area contributed by atoms with Crippen molar-refractivity contribution in [3.8, 4) is 0 Å². The van der Waals surface area contributed by atoms with Gasteiger partial charge in [-0.15, -0.1) is 0 Å². The molecule has 3 rings (SSSR count). The van der Waals surface area contributed by atoms with Crippen LogP contribution in [0.2, 0.25) is 0 Å². The van der Waals surface area contributed by atoms with Crippen LogP contribution in [0.3, 0.4) is 0 Å². The molecule has 132 valence electrons. The van der Waals surface area contributed by atoms with Gasteiger partial charge in [-0.2, -0.15) is 4.31 Å². The highest BCUT2D eigenvalue weighted by Gasteiger charge is 2.36. The van der Waals surface area contributed by atoms with Crippen molar-refractivity contribution in [2.24, 2.45) is 0 Å². The maximum absolute atomic E-state index is 12.3. The van der Waals surface area contributed by atoms with E-state index in [-0.39, 0.29) is 18.0 Å². The van der Waals surface area contributed by atoms with Gasteiger partial charge in [-0.3, -0.25) is 10.2 Å². The number of hydrogen-bond donors (Lipinski definition) is 3. The maximum Gasteiger partial charge on any atom is 0.238 e. The van der Waals surface area contributed by atoms with Crippen molar-refractivity contribution >= 4 is 15.9 Å². The van der Waals surface area contributed by atoms with E-state index in [1.165, 1.54) is 9.87 Å². The highest BCUT2D eigenvalue weighted by molar-refractivity contribution is 7.88. The van der Waals surface area contributed by atoms with E-state index in [9.17, 15) is 13.2 Å². The van der Waals surface area contributed by atoms with E-state index < -0.39 is 16.1 Å². The molecular formula is C16H24N4O3S. The number of carbonyl (C=O) groups is 1. The van der Waals surface area contributed by atoms with Crippen LogP contribution in [0.5, 0.6) is 0 Å². The van der Waals surface area contributed by atoms with Crippen LogP contribution in [0.4, 0.5) is 0 Å². The summed E-state index contributed by atoms with van der Waals surface area (Å²) in [4.78, 5) is 12.3. The van der Waals surface area contributed by atoms with E-state index in [2.05, 4.69) is 28.3 Å². The third kappa shape index (κ3) is 3.94. The fourth-order valence-electron chi connectivity index (χ4n) is 3.40. The predicted molar refractivity (Wildman–Crippen MR) is 91.4 cm³/mol. The van der Waals surface area contributed by atoms with Crippen LogP contribution in [0.15, 0.2) is 30.3 Å². The fraction of sp³-hybridized carbons (Fsp3) is 0.562. The van der Waals surface area contributed by atoms with Crippen molar-refractivity contribution in [2.75, 3.05) is 19.3 Å². The normalized spacial score (nSPS) is 28.1. The zero-order valence-electron chi connectivity index (χ0n) is 13.7. The van der Waals surface area contributed by atoms with Gasteiger partial charge in [0.25, 0.3) is 0 Å². The van der Waals surface area contributed by atoms with Crippen LogP contribution in [0.1, 0.15) is 30.9 Å². The van der Waals surface area contributed by atoms with Gasteiger partial charge in [-0.05, 0) is 24.8 Å². The Labute approximate surface area is 142 Å². The largest absolute Gasteiger partial charge is 0.353 e. The number of carbonyl (C=O) groups excluding carboxylic acids is 1. The molecule has 0 saturated carbocycles. The first-order valence-electron chi connectivity index (χ1n) is 8.25. The van der Waals surface area contributed by atoms with Crippen molar-refractivity contribution in [3.63, 3.8) is 0 Å². The lowest BCUT2D eigenvalue weighted by atomic mass is 10.0. The number of hydrazine groups is 1. The highest BCUT2D eigenvalue weighted by atomic mass is 32.2. The Morgan fingerprint density at radius 3 is 2.75 bits per heavy atom. The first-order valence-corrected chi connectivity index (χ1v) is 10.1. The average Bonchev–Trinajstić information content (AvgIpc) is 3.22. The Morgan fingerprint density at radius 2 is 2.04 bits per heavy atom. The lowest BCUT2D eigenvalue weighted by Gasteiger charge is -2.22. The van der Waals surface area contributed by atoms with Gasteiger partial charge in [0.1, 0.15) is 6.04 Å². The number of nitrogens with one attached hydrogen (secondary N) is 3. The van der Waals surface area contributed by atoms with Crippen LogP contribution < -0.4 is 16.2 Å². The summed E-state index contributed by atoms with van der Waals surface area (Å²) in [6, 6.07) is 9.90. The molecule has 1 aromatic rings. The molecule has 2 heterocycles. The number of nitrogens with zero attached hydrogens (tertiary/aromatic N) is 1. The van der Waals surface area contributed by atoms with Crippen LogP contribution in [0.25, 0.3) is 0 Å². The van der Waals surface area contributed by atoms with E-state index in [4.69, 9.17) is 0 Å². The Morgan fingerprint density at radius 1 is 1.29 bits per heavy atom. The van der Waals surface area contributed by atoms with Crippen molar-refractivity contribution < 1.29 is 13.2 Å². The molecule has 1 amide bonds. The van der Waals surface area contributed by atoms with Crippen LogP contribution >= 0.6 is 0 Å². The molecule has 0 bridgehead atoms. The van der Waals surface area contributed by atoms with Crippen molar-refractivity contribution in [3.05, 3.63) is 35.9 Å². The van der Waals surface area contributed by atoms with Crippen molar-refractivity contribution in [1.82, 2.24) is 20.5 Å². The maximum atomic E-state index is 12.3. The van der Waals surface area contributed by atoms with Crippen molar-refractivity contribution in [2.45, 2.75) is 37.4 Å². The lowest BCUT2D eigenvalue weighted by molar-refractivity contribution is -0.124. The van der Waals surface area contributed by atoms with Gasteiger partial charge in [0.15, 0.2) is 0 Å². The molecule has 1 aromatic carbocycles. The fourth-order valence-corrected chi connectivity index (χ4v) is 4.52. The molecule has 0 spiro atoms. The second kappa shape index (κ2) is 7.18. The average molecular weight is 352 g/mol. The zero-order valence-corrected chi connectivity index (χ0v) is 14.6. The first kappa shape index (κ1) is 17.3. The Bertz CT molecular complexity index is 680. The number of hydrogen-bond acceptors (Lipinski definition) is 5. The van der Waals surface area contributed by atoms with E-state index in [1.807, 2.05) is 18.2 Å². The summed E-state index contributed by atoms with van der Waals surface area (Å²) in [6.07, 6.45) is 3.34. The molecule has 8 heteroatoms. The summed E-state index contributed by atoms with van der Waals surface area (Å²) in [7, 11) is -3.33. The number of rotatable bonds is 5.